The van der Waals surface area contributed by atoms with Gasteiger partial charge in [0, 0.05) is 4.88 Å². The Morgan fingerprint density at radius 3 is 2.81 bits per heavy atom. The van der Waals surface area contributed by atoms with Crippen LogP contribution in [0.5, 0.6) is 0 Å². The number of sulfone groups is 1. The first-order valence-electron chi connectivity index (χ1n) is 6.54. The molecule has 114 valence electrons. The number of fused-ring (bicyclic) bond motifs is 1. The summed E-state index contributed by atoms with van der Waals surface area (Å²) in [5, 5.41) is 4.18. The van der Waals surface area contributed by atoms with Crippen LogP contribution in [0.15, 0.2) is 6.07 Å². The van der Waals surface area contributed by atoms with Gasteiger partial charge in [-0.25, -0.2) is 19.2 Å². The maximum Gasteiger partial charge on any atom is 0.240 e. The standard InChI is InChI=1S/C12H17N5O2S2/c1-7-5-8-9(14-11(17-13)15-10(8)20-7)16-12(2)3-4-21(18,19)6-12/h5H,3-4,6,13H2,1-2H3,(H2,14,15,16,17). The number of hydrogen-bond donors (Lipinski definition) is 3. The number of nitrogens with zero attached hydrogens (tertiary/aromatic N) is 2. The third kappa shape index (κ3) is 2.81. The van der Waals surface area contributed by atoms with Crippen LogP contribution in [0.3, 0.4) is 0 Å². The minimum Gasteiger partial charge on any atom is -0.363 e. The molecule has 0 amide bonds. The van der Waals surface area contributed by atoms with Crippen LogP contribution in [0.1, 0.15) is 18.2 Å². The lowest BCUT2D eigenvalue weighted by Gasteiger charge is -2.25. The highest BCUT2D eigenvalue weighted by Crippen LogP contribution is 2.33. The molecule has 0 aliphatic carbocycles. The molecule has 0 aromatic carbocycles. The summed E-state index contributed by atoms with van der Waals surface area (Å²) in [6, 6.07) is 2.00. The summed E-state index contributed by atoms with van der Waals surface area (Å²) in [6.07, 6.45) is 0.565. The van der Waals surface area contributed by atoms with Crippen LogP contribution < -0.4 is 16.6 Å². The molecule has 2 aromatic heterocycles. The molecule has 21 heavy (non-hydrogen) atoms. The van der Waals surface area contributed by atoms with Crippen molar-refractivity contribution in [2.24, 2.45) is 5.84 Å². The summed E-state index contributed by atoms with van der Waals surface area (Å²) in [4.78, 5) is 10.6. The highest BCUT2D eigenvalue weighted by molar-refractivity contribution is 7.91. The van der Waals surface area contributed by atoms with Gasteiger partial charge in [0.15, 0.2) is 9.84 Å². The summed E-state index contributed by atoms with van der Waals surface area (Å²) in [7, 11) is -2.98. The highest BCUT2D eigenvalue weighted by atomic mass is 32.2. The summed E-state index contributed by atoms with van der Waals surface area (Å²) in [5.41, 5.74) is 1.94. The zero-order valence-electron chi connectivity index (χ0n) is 11.8. The molecule has 9 heteroatoms. The van der Waals surface area contributed by atoms with Gasteiger partial charge in [-0.1, -0.05) is 0 Å². The van der Waals surface area contributed by atoms with Crippen molar-refractivity contribution in [3.05, 3.63) is 10.9 Å². The highest BCUT2D eigenvalue weighted by Gasteiger charge is 2.39. The summed E-state index contributed by atoms with van der Waals surface area (Å²) in [6.45, 7) is 3.90. The molecule has 3 heterocycles. The molecular weight excluding hydrogens is 310 g/mol. The van der Waals surface area contributed by atoms with Crippen molar-refractivity contribution in [1.82, 2.24) is 9.97 Å². The van der Waals surface area contributed by atoms with Gasteiger partial charge in [-0.2, -0.15) is 4.98 Å². The lowest BCUT2D eigenvalue weighted by Crippen LogP contribution is -2.36. The van der Waals surface area contributed by atoms with E-state index in [1.165, 1.54) is 0 Å². The number of thiophene rings is 1. The van der Waals surface area contributed by atoms with Crippen LogP contribution in [0.25, 0.3) is 10.2 Å². The molecule has 1 fully saturated rings. The van der Waals surface area contributed by atoms with E-state index in [0.717, 1.165) is 15.1 Å². The molecule has 0 bridgehead atoms. The van der Waals surface area contributed by atoms with Gasteiger partial charge in [0.1, 0.15) is 10.6 Å². The van der Waals surface area contributed by atoms with Crippen LogP contribution in [0, 0.1) is 6.92 Å². The normalized spacial score (nSPS) is 24.3. The zero-order chi connectivity index (χ0) is 15.3. The minimum absolute atomic E-state index is 0.111. The van der Waals surface area contributed by atoms with E-state index in [1.54, 1.807) is 11.3 Å². The third-order valence-electron chi connectivity index (χ3n) is 3.57. The molecule has 0 radical (unpaired) electrons. The number of anilines is 2. The Morgan fingerprint density at radius 2 is 2.19 bits per heavy atom. The average Bonchev–Trinajstić information content (AvgIpc) is 2.88. The van der Waals surface area contributed by atoms with E-state index < -0.39 is 15.4 Å². The number of nitrogens with one attached hydrogen (secondary N) is 2. The number of hydrazine groups is 1. The molecule has 7 nitrogen and oxygen atoms in total. The van der Waals surface area contributed by atoms with E-state index in [4.69, 9.17) is 5.84 Å². The van der Waals surface area contributed by atoms with Gasteiger partial charge >= 0.3 is 0 Å². The Labute approximate surface area is 126 Å². The van der Waals surface area contributed by atoms with Crippen molar-refractivity contribution < 1.29 is 8.42 Å². The quantitative estimate of drug-likeness (QED) is 0.575. The molecule has 1 saturated heterocycles. The van der Waals surface area contributed by atoms with Crippen LogP contribution in [-0.2, 0) is 9.84 Å². The fraction of sp³-hybridized carbons (Fsp3) is 0.500. The van der Waals surface area contributed by atoms with Crippen LogP contribution in [0.2, 0.25) is 0 Å². The molecular formula is C12H17N5O2S2. The summed E-state index contributed by atoms with van der Waals surface area (Å²) < 4.78 is 23.4. The lowest BCUT2D eigenvalue weighted by molar-refractivity contribution is 0.572. The molecule has 3 rings (SSSR count). The van der Waals surface area contributed by atoms with Crippen molar-refractivity contribution in [3.8, 4) is 0 Å². The molecule has 0 saturated carbocycles. The predicted octanol–water partition coefficient (Wildman–Crippen LogP) is 1.27. The van der Waals surface area contributed by atoms with E-state index in [0.29, 0.717) is 18.2 Å². The van der Waals surface area contributed by atoms with Crippen LogP contribution in [-0.4, -0.2) is 35.4 Å². The Balaban J connectivity index is 2.03. The second-order valence-electron chi connectivity index (χ2n) is 5.64. The van der Waals surface area contributed by atoms with Gasteiger partial charge in [0.05, 0.1) is 22.4 Å². The molecule has 1 aliphatic rings. The first-order valence-corrected chi connectivity index (χ1v) is 9.17. The van der Waals surface area contributed by atoms with Crippen LogP contribution in [0.4, 0.5) is 11.8 Å². The molecule has 2 aromatic rings. The van der Waals surface area contributed by atoms with Crippen molar-refractivity contribution in [2.75, 3.05) is 22.2 Å². The Hall–Kier alpha value is -1.45. The van der Waals surface area contributed by atoms with E-state index in [2.05, 4.69) is 20.7 Å². The minimum atomic E-state index is -2.98. The largest absolute Gasteiger partial charge is 0.363 e. The number of aromatic nitrogens is 2. The lowest BCUT2D eigenvalue weighted by atomic mass is 10.0. The Kier molecular flexibility index (Phi) is 3.30. The third-order valence-corrected chi connectivity index (χ3v) is 6.42. The summed E-state index contributed by atoms with van der Waals surface area (Å²) in [5.74, 6) is 6.66. The second-order valence-corrected chi connectivity index (χ2v) is 9.06. The molecule has 0 spiro atoms. The maximum absolute atomic E-state index is 11.7. The van der Waals surface area contributed by atoms with E-state index in [9.17, 15) is 8.42 Å². The van der Waals surface area contributed by atoms with Crippen molar-refractivity contribution >= 4 is 43.2 Å². The van der Waals surface area contributed by atoms with Crippen molar-refractivity contribution in [2.45, 2.75) is 25.8 Å². The number of rotatable bonds is 3. The van der Waals surface area contributed by atoms with E-state index in [-0.39, 0.29) is 11.5 Å². The molecule has 1 atom stereocenters. The molecule has 4 N–H and O–H groups in total. The first-order chi connectivity index (χ1) is 9.80. The van der Waals surface area contributed by atoms with E-state index in [1.807, 2.05) is 19.9 Å². The number of aryl methyl sites for hydroxylation is 1. The van der Waals surface area contributed by atoms with Gasteiger partial charge in [-0.15, -0.1) is 11.3 Å². The topological polar surface area (TPSA) is 110 Å². The average molecular weight is 327 g/mol. The van der Waals surface area contributed by atoms with Crippen LogP contribution >= 0.6 is 11.3 Å². The van der Waals surface area contributed by atoms with Gasteiger partial charge in [0.25, 0.3) is 0 Å². The molecule has 1 unspecified atom stereocenters. The monoisotopic (exact) mass is 327 g/mol. The Morgan fingerprint density at radius 1 is 1.43 bits per heavy atom. The van der Waals surface area contributed by atoms with Crippen molar-refractivity contribution in [3.63, 3.8) is 0 Å². The second kappa shape index (κ2) is 4.79. The van der Waals surface area contributed by atoms with Gasteiger partial charge in [-0.3, -0.25) is 5.43 Å². The first kappa shape index (κ1) is 14.5. The molecule has 1 aliphatic heterocycles. The number of nitrogens with two attached hydrogens (primary N) is 1. The van der Waals surface area contributed by atoms with Gasteiger partial charge in [-0.05, 0) is 26.3 Å². The number of hydrogen-bond acceptors (Lipinski definition) is 8. The van der Waals surface area contributed by atoms with Crippen molar-refractivity contribution in [1.29, 1.82) is 0 Å². The zero-order valence-corrected chi connectivity index (χ0v) is 13.4. The van der Waals surface area contributed by atoms with Gasteiger partial charge in [0.2, 0.25) is 5.95 Å². The van der Waals surface area contributed by atoms with Gasteiger partial charge < -0.3 is 5.32 Å². The summed E-state index contributed by atoms with van der Waals surface area (Å²) >= 11 is 1.55. The van der Waals surface area contributed by atoms with E-state index >= 15 is 0 Å². The fourth-order valence-corrected chi connectivity index (χ4v) is 5.57. The smallest absolute Gasteiger partial charge is 0.240 e. The fourth-order valence-electron chi connectivity index (χ4n) is 2.60. The SMILES string of the molecule is Cc1cc2c(NC3(C)CCS(=O)(=O)C3)nc(NN)nc2s1. The Bertz CT molecular complexity index is 801. The number of nitrogen functional groups attached to an aromatic ring is 1. The maximum atomic E-state index is 11.7. The predicted molar refractivity (Wildman–Crippen MR) is 85.3 cm³/mol.